The van der Waals surface area contributed by atoms with Crippen LogP contribution >= 0.6 is 0 Å². The molecule has 170 valence electrons. The summed E-state index contributed by atoms with van der Waals surface area (Å²) in [6.07, 6.45) is 0.555. The summed E-state index contributed by atoms with van der Waals surface area (Å²) in [5, 5.41) is 5.12. The zero-order chi connectivity index (χ0) is 23.5. The van der Waals surface area contributed by atoms with Gasteiger partial charge in [-0.15, -0.1) is 0 Å². The minimum Gasteiger partial charge on any atom is -0.327 e. The van der Waals surface area contributed by atoms with Crippen LogP contribution in [0.1, 0.15) is 54.4 Å². The molecule has 0 aromatic heterocycles. The fraction of sp³-hybridized carbons (Fsp3) is 0.591. The first-order valence-corrected chi connectivity index (χ1v) is 12.0. The first-order chi connectivity index (χ1) is 14.2. The lowest BCUT2D eigenvalue weighted by Gasteiger charge is -2.33. The SMILES string of the molecule is CCC(C)N(C(=O)C1C(C)(C)C1(C)C)C1CC(=O)N(c2ccc(S(N)(=O)=O)cc2)C1=O. The Morgan fingerprint density at radius 1 is 1.16 bits per heavy atom. The van der Waals surface area contributed by atoms with Gasteiger partial charge in [0.1, 0.15) is 6.04 Å². The summed E-state index contributed by atoms with van der Waals surface area (Å²) in [7, 11) is -3.89. The van der Waals surface area contributed by atoms with Crippen LogP contribution in [0.15, 0.2) is 29.2 Å². The Hall–Kier alpha value is -2.26. The predicted molar refractivity (Wildman–Crippen MR) is 116 cm³/mol. The number of benzene rings is 1. The van der Waals surface area contributed by atoms with Crippen LogP contribution in [0.4, 0.5) is 5.69 Å². The molecule has 1 aliphatic heterocycles. The number of anilines is 1. The molecule has 1 aromatic carbocycles. The van der Waals surface area contributed by atoms with Crippen molar-refractivity contribution in [1.82, 2.24) is 4.90 Å². The van der Waals surface area contributed by atoms with Crippen LogP contribution in [0.2, 0.25) is 0 Å². The largest absolute Gasteiger partial charge is 0.327 e. The predicted octanol–water partition coefficient (Wildman–Crippen LogP) is 2.28. The van der Waals surface area contributed by atoms with E-state index in [0.29, 0.717) is 6.42 Å². The van der Waals surface area contributed by atoms with Gasteiger partial charge in [0.05, 0.1) is 17.0 Å². The van der Waals surface area contributed by atoms with E-state index in [1.807, 2.05) is 41.5 Å². The van der Waals surface area contributed by atoms with Gasteiger partial charge in [0, 0.05) is 12.0 Å². The third-order valence-corrected chi connectivity index (χ3v) is 8.40. The van der Waals surface area contributed by atoms with Gasteiger partial charge in [-0.2, -0.15) is 0 Å². The van der Waals surface area contributed by atoms with Gasteiger partial charge >= 0.3 is 0 Å². The lowest BCUT2D eigenvalue weighted by molar-refractivity contribution is -0.143. The number of nitrogens with two attached hydrogens (primary N) is 1. The van der Waals surface area contributed by atoms with Crippen LogP contribution in [0.25, 0.3) is 0 Å². The number of hydrogen-bond acceptors (Lipinski definition) is 5. The van der Waals surface area contributed by atoms with Crippen molar-refractivity contribution >= 4 is 33.4 Å². The number of imide groups is 1. The maximum absolute atomic E-state index is 13.5. The van der Waals surface area contributed by atoms with Gasteiger partial charge in [-0.05, 0) is 48.4 Å². The van der Waals surface area contributed by atoms with Crippen LogP contribution in [0.3, 0.4) is 0 Å². The Labute approximate surface area is 183 Å². The van der Waals surface area contributed by atoms with E-state index >= 15 is 0 Å². The smallest absolute Gasteiger partial charge is 0.257 e. The Morgan fingerprint density at radius 2 is 1.68 bits per heavy atom. The normalized spacial score (nSPS) is 23.7. The summed E-state index contributed by atoms with van der Waals surface area (Å²) in [4.78, 5) is 42.1. The van der Waals surface area contributed by atoms with E-state index in [0.717, 1.165) is 4.90 Å². The molecule has 1 heterocycles. The number of hydrogen-bond donors (Lipinski definition) is 1. The quantitative estimate of drug-likeness (QED) is 0.669. The molecule has 9 heteroatoms. The highest BCUT2D eigenvalue weighted by atomic mass is 32.2. The molecular formula is C22H31N3O5S. The van der Waals surface area contributed by atoms with Crippen LogP contribution in [0, 0.1) is 16.7 Å². The maximum atomic E-state index is 13.5. The van der Waals surface area contributed by atoms with Crippen molar-refractivity contribution in [3.05, 3.63) is 24.3 Å². The van der Waals surface area contributed by atoms with Gasteiger partial charge < -0.3 is 4.90 Å². The molecule has 0 bridgehead atoms. The molecule has 1 saturated heterocycles. The molecule has 1 saturated carbocycles. The van der Waals surface area contributed by atoms with E-state index in [1.54, 1.807) is 4.90 Å². The molecule has 3 rings (SSSR count). The molecule has 0 radical (unpaired) electrons. The zero-order valence-electron chi connectivity index (χ0n) is 18.9. The summed E-state index contributed by atoms with van der Waals surface area (Å²) in [5.74, 6) is -1.21. The molecule has 2 atom stereocenters. The number of amides is 3. The molecule has 1 aliphatic carbocycles. The molecule has 1 aromatic rings. The highest BCUT2D eigenvalue weighted by molar-refractivity contribution is 7.89. The molecule has 2 N–H and O–H groups in total. The highest BCUT2D eigenvalue weighted by Crippen LogP contribution is 2.69. The van der Waals surface area contributed by atoms with Gasteiger partial charge in [-0.1, -0.05) is 34.6 Å². The van der Waals surface area contributed by atoms with Gasteiger partial charge in [-0.3, -0.25) is 14.4 Å². The van der Waals surface area contributed by atoms with Crippen LogP contribution < -0.4 is 10.0 Å². The van der Waals surface area contributed by atoms with Gasteiger partial charge in [0.25, 0.3) is 5.91 Å². The second kappa shape index (κ2) is 7.41. The second-order valence-corrected chi connectivity index (χ2v) is 11.3. The van der Waals surface area contributed by atoms with Crippen molar-refractivity contribution in [2.75, 3.05) is 4.90 Å². The van der Waals surface area contributed by atoms with E-state index < -0.39 is 27.9 Å². The summed E-state index contributed by atoms with van der Waals surface area (Å²) < 4.78 is 23.0. The number of primary sulfonamides is 1. The highest BCUT2D eigenvalue weighted by Gasteiger charge is 2.69. The summed E-state index contributed by atoms with van der Waals surface area (Å²) in [6.45, 7) is 12.0. The lowest BCUT2D eigenvalue weighted by atomic mass is 10.0. The third-order valence-electron chi connectivity index (χ3n) is 7.47. The molecule has 2 fully saturated rings. The van der Waals surface area contributed by atoms with Crippen molar-refractivity contribution in [2.24, 2.45) is 21.9 Å². The number of carbonyl (C=O) groups excluding carboxylic acids is 3. The van der Waals surface area contributed by atoms with Crippen molar-refractivity contribution < 1.29 is 22.8 Å². The zero-order valence-corrected chi connectivity index (χ0v) is 19.7. The summed E-state index contributed by atoms with van der Waals surface area (Å²) in [6, 6.07) is 4.18. The number of rotatable bonds is 6. The standard InChI is InChI=1S/C22H31N3O5S/c1-7-13(2)24(20(28)18-21(3,4)22(18,5)6)16-12-17(26)25(19(16)27)14-8-10-15(11-9-14)31(23,29)30/h8-11,13,16,18H,7,12H2,1-6H3,(H2,23,29,30). The first-order valence-electron chi connectivity index (χ1n) is 10.5. The molecular weight excluding hydrogens is 418 g/mol. The Bertz CT molecular complexity index is 1020. The molecule has 2 aliphatic rings. The van der Waals surface area contributed by atoms with Gasteiger partial charge in [0.2, 0.25) is 21.8 Å². The molecule has 31 heavy (non-hydrogen) atoms. The third kappa shape index (κ3) is 3.67. The second-order valence-electron chi connectivity index (χ2n) is 9.71. The molecule has 3 amide bonds. The first kappa shape index (κ1) is 23.4. The summed E-state index contributed by atoms with van der Waals surface area (Å²) in [5.41, 5.74) is -0.122. The molecule has 0 spiro atoms. The minimum absolute atomic E-state index is 0.0954. The maximum Gasteiger partial charge on any atom is 0.257 e. The monoisotopic (exact) mass is 449 g/mol. The summed E-state index contributed by atoms with van der Waals surface area (Å²) >= 11 is 0. The topological polar surface area (TPSA) is 118 Å². The fourth-order valence-electron chi connectivity index (χ4n) is 4.73. The van der Waals surface area contributed by atoms with Crippen molar-refractivity contribution in [2.45, 2.75) is 71.4 Å². The number of nitrogens with zero attached hydrogens (tertiary/aromatic N) is 2. The van der Waals surface area contributed by atoms with Gasteiger partial charge in [-0.25, -0.2) is 18.5 Å². The van der Waals surface area contributed by atoms with E-state index in [9.17, 15) is 22.8 Å². The van der Waals surface area contributed by atoms with E-state index in [2.05, 4.69) is 0 Å². The van der Waals surface area contributed by atoms with E-state index in [-0.39, 0.29) is 45.7 Å². The van der Waals surface area contributed by atoms with Crippen LogP contribution in [0.5, 0.6) is 0 Å². The average Bonchev–Trinajstić information content (AvgIpc) is 2.90. The minimum atomic E-state index is -3.89. The van der Waals surface area contributed by atoms with Crippen LogP contribution in [-0.4, -0.2) is 43.1 Å². The number of sulfonamides is 1. The van der Waals surface area contributed by atoms with Crippen molar-refractivity contribution in [3.8, 4) is 0 Å². The lowest BCUT2D eigenvalue weighted by Crippen LogP contribution is -2.51. The van der Waals surface area contributed by atoms with Crippen molar-refractivity contribution in [1.29, 1.82) is 0 Å². The average molecular weight is 450 g/mol. The number of carbonyl (C=O) groups is 3. The van der Waals surface area contributed by atoms with E-state index in [4.69, 9.17) is 5.14 Å². The van der Waals surface area contributed by atoms with Crippen LogP contribution in [-0.2, 0) is 24.4 Å². The van der Waals surface area contributed by atoms with Crippen molar-refractivity contribution in [3.63, 3.8) is 0 Å². The molecule has 2 unspecified atom stereocenters. The van der Waals surface area contributed by atoms with E-state index in [1.165, 1.54) is 24.3 Å². The Kier molecular flexibility index (Phi) is 5.59. The fourth-order valence-corrected chi connectivity index (χ4v) is 5.24. The Balaban J connectivity index is 1.92. The molecule has 8 nitrogen and oxygen atoms in total. The van der Waals surface area contributed by atoms with Gasteiger partial charge in [0.15, 0.2) is 0 Å². The Morgan fingerprint density at radius 3 is 2.10 bits per heavy atom.